The topological polar surface area (TPSA) is 64.8 Å². The molecule has 0 radical (unpaired) electrons. The predicted molar refractivity (Wildman–Crippen MR) is 70.3 cm³/mol. The molecule has 1 fully saturated rings. The number of hydrogen-bond donors (Lipinski definition) is 1. The average molecular weight is 258 g/mol. The standard InChI is InChI=1S/C13H26N2O3/c1-4-18-12(16)13(2,14)10-15(3)9-11-5-7-17-8-6-11/h11H,4-10,14H2,1-3H3. The van der Waals surface area contributed by atoms with Crippen LogP contribution in [0.15, 0.2) is 0 Å². The van der Waals surface area contributed by atoms with Crippen molar-refractivity contribution in [2.24, 2.45) is 11.7 Å². The Balaban J connectivity index is 2.37. The van der Waals surface area contributed by atoms with Gasteiger partial charge in [0.05, 0.1) is 6.61 Å². The second kappa shape index (κ2) is 7.07. The van der Waals surface area contributed by atoms with Crippen LogP contribution in [0.5, 0.6) is 0 Å². The molecule has 0 aromatic heterocycles. The highest BCUT2D eigenvalue weighted by molar-refractivity contribution is 5.80. The molecule has 0 bridgehead atoms. The Morgan fingerprint density at radius 2 is 2.11 bits per heavy atom. The summed E-state index contributed by atoms with van der Waals surface area (Å²) in [6.07, 6.45) is 2.18. The molecule has 2 N–H and O–H groups in total. The largest absolute Gasteiger partial charge is 0.465 e. The average Bonchev–Trinajstić information content (AvgIpc) is 2.29. The van der Waals surface area contributed by atoms with Gasteiger partial charge >= 0.3 is 5.97 Å². The minimum absolute atomic E-state index is 0.330. The number of ether oxygens (including phenoxy) is 2. The summed E-state index contributed by atoms with van der Waals surface area (Å²) in [6.45, 7) is 7.05. The van der Waals surface area contributed by atoms with E-state index in [-0.39, 0.29) is 5.97 Å². The summed E-state index contributed by atoms with van der Waals surface area (Å²) in [7, 11) is 2.00. The van der Waals surface area contributed by atoms with E-state index in [1.165, 1.54) is 0 Å². The van der Waals surface area contributed by atoms with Crippen LogP contribution < -0.4 is 5.73 Å². The van der Waals surface area contributed by atoms with Crippen LogP contribution in [0, 0.1) is 5.92 Å². The van der Waals surface area contributed by atoms with Gasteiger partial charge in [-0.05, 0) is 39.7 Å². The van der Waals surface area contributed by atoms with Crippen molar-refractivity contribution in [1.82, 2.24) is 4.90 Å². The zero-order chi connectivity index (χ0) is 13.6. The Hall–Kier alpha value is -0.650. The first-order valence-corrected chi connectivity index (χ1v) is 6.68. The first kappa shape index (κ1) is 15.4. The molecule has 0 spiro atoms. The molecule has 0 aromatic rings. The first-order chi connectivity index (χ1) is 8.45. The van der Waals surface area contributed by atoms with Crippen molar-refractivity contribution in [2.45, 2.75) is 32.2 Å². The summed E-state index contributed by atoms with van der Waals surface area (Å²) >= 11 is 0. The van der Waals surface area contributed by atoms with Crippen LogP contribution in [0.3, 0.4) is 0 Å². The van der Waals surface area contributed by atoms with Gasteiger partial charge in [0.1, 0.15) is 5.54 Å². The first-order valence-electron chi connectivity index (χ1n) is 6.68. The van der Waals surface area contributed by atoms with E-state index >= 15 is 0 Å². The summed E-state index contributed by atoms with van der Waals surface area (Å²) in [5.74, 6) is 0.311. The molecule has 1 saturated heterocycles. The van der Waals surface area contributed by atoms with Crippen molar-refractivity contribution in [1.29, 1.82) is 0 Å². The quantitative estimate of drug-likeness (QED) is 0.708. The van der Waals surface area contributed by atoms with Crippen LogP contribution in [0.25, 0.3) is 0 Å². The number of hydrogen-bond acceptors (Lipinski definition) is 5. The molecule has 1 heterocycles. The highest BCUT2D eigenvalue weighted by atomic mass is 16.5. The predicted octanol–water partition coefficient (Wildman–Crippen LogP) is 0.625. The molecule has 0 aromatic carbocycles. The molecule has 0 amide bonds. The van der Waals surface area contributed by atoms with Gasteiger partial charge in [0.15, 0.2) is 0 Å². The fourth-order valence-electron chi connectivity index (χ4n) is 2.36. The lowest BCUT2D eigenvalue weighted by Gasteiger charge is -2.31. The normalized spacial score (nSPS) is 20.7. The second-order valence-corrected chi connectivity index (χ2v) is 5.39. The molecular weight excluding hydrogens is 232 g/mol. The van der Waals surface area contributed by atoms with Gasteiger partial charge in [-0.1, -0.05) is 0 Å². The third-order valence-electron chi connectivity index (χ3n) is 3.25. The lowest BCUT2D eigenvalue weighted by atomic mass is 9.98. The summed E-state index contributed by atoms with van der Waals surface area (Å²) in [6, 6.07) is 0. The maximum Gasteiger partial charge on any atom is 0.327 e. The zero-order valence-corrected chi connectivity index (χ0v) is 11.8. The fourth-order valence-corrected chi connectivity index (χ4v) is 2.36. The van der Waals surface area contributed by atoms with Crippen molar-refractivity contribution in [3.05, 3.63) is 0 Å². The summed E-state index contributed by atoms with van der Waals surface area (Å²) < 4.78 is 10.3. The number of rotatable bonds is 6. The van der Waals surface area contributed by atoms with Gasteiger partial charge in [-0.15, -0.1) is 0 Å². The summed E-state index contributed by atoms with van der Waals surface area (Å²) in [5, 5.41) is 0. The van der Waals surface area contributed by atoms with Gasteiger partial charge in [-0.2, -0.15) is 0 Å². The van der Waals surface area contributed by atoms with Crippen LogP contribution in [-0.4, -0.2) is 56.4 Å². The molecule has 1 rings (SSSR count). The van der Waals surface area contributed by atoms with Crippen LogP contribution in [0.1, 0.15) is 26.7 Å². The number of nitrogens with two attached hydrogens (primary N) is 1. The second-order valence-electron chi connectivity index (χ2n) is 5.39. The number of nitrogens with zero attached hydrogens (tertiary/aromatic N) is 1. The molecule has 1 aliphatic heterocycles. The van der Waals surface area contributed by atoms with E-state index in [9.17, 15) is 4.79 Å². The third kappa shape index (κ3) is 4.92. The monoisotopic (exact) mass is 258 g/mol. The SMILES string of the molecule is CCOC(=O)C(C)(N)CN(C)CC1CCOCC1. The zero-order valence-electron chi connectivity index (χ0n) is 11.8. The molecule has 0 aliphatic carbocycles. The molecule has 18 heavy (non-hydrogen) atoms. The van der Waals surface area contributed by atoms with Gasteiger partial charge < -0.3 is 20.1 Å². The molecule has 0 saturated carbocycles. The van der Waals surface area contributed by atoms with E-state index in [1.54, 1.807) is 13.8 Å². The van der Waals surface area contributed by atoms with Crippen LogP contribution in [-0.2, 0) is 14.3 Å². The van der Waals surface area contributed by atoms with E-state index in [0.717, 1.165) is 32.6 Å². The Morgan fingerprint density at radius 1 is 1.50 bits per heavy atom. The number of carbonyl (C=O) groups excluding carboxylic acids is 1. The fraction of sp³-hybridized carbons (Fsp3) is 0.923. The maximum absolute atomic E-state index is 11.7. The van der Waals surface area contributed by atoms with Gasteiger partial charge in [-0.25, -0.2) is 0 Å². The lowest BCUT2D eigenvalue weighted by Crippen LogP contribution is -2.54. The highest BCUT2D eigenvalue weighted by Gasteiger charge is 2.32. The highest BCUT2D eigenvalue weighted by Crippen LogP contribution is 2.16. The van der Waals surface area contributed by atoms with Crippen molar-refractivity contribution in [3.63, 3.8) is 0 Å². The Bertz CT molecular complexity index is 263. The van der Waals surface area contributed by atoms with Gasteiger partial charge in [0.2, 0.25) is 0 Å². The van der Waals surface area contributed by atoms with Crippen LogP contribution in [0.2, 0.25) is 0 Å². The lowest BCUT2D eigenvalue weighted by molar-refractivity contribution is -0.149. The molecule has 1 atom stereocenters. The minimum atomic E-state index is -0.935. The molecule has 5 heteroatoms. The van der Waals surface area contributed by atoms with Crippen molar-refractivity contribution >= 4 is 5.97 Å². The molecule has 5 nitrogen and oxygen atoms in total. The van der Waals surface area contributed by atoms with E-state index in [4.69, 9.17) is 15.2 Å². The minimum Gasteiger partial charge on any atom is -0.465 e. The van der Waals surface area contributed by atoms with E-state index in [0.29, 0.717) is 19.1 Å². The van der Waals surface area contributed by atoms with Gasteiger partial charge in [0, 0.05) is 26.3 Å². The maximum atomic E-state index is 11.7. The molecule has 106 valence electrons. The molecule has 1 unspecified atom stereocenters. The Labute approximate surface area is 110 Å². The third-order valence-corrected chi connectivity index (χ3v) is 3.25. The number of esters is 1. The molecule has 1 aliphatic rings. The van der Waals surface area contributed by atoms with E-state index in [1.807, 2.05) is 7.05 Å². The van der Waals surface area contributed by atoms with Crippen molar-refractivity contribution in [3.8, 4) is 0 Å². The van der Waals surface area contributed by atoms with Gasteiger partial charge in [0.25, 0.3) is 0 Å². The van der Waals surface area contributed by atoms with Crippen LogP contribution in [0.4, 0.5) is 0 Å². The van der Waals surface area contributed by atoms with E-state index in [2.05, 4.69) is 4.90 Å². The summed E-state index contributed by atoms with van der Waals surface area (Å²) in [5.41, 5.74) is 5.08. The van der Waals surface area contributed by atoms with Crippen molar-refractivity contribution < 1.29 is 14.3 Å². The summed E-state index contributed by atoms with van der Waals surface area (Å²) in [4.78, 5) is 13.8. The van der Waals surface area contributed by atoms with Gasteiger partial charge in [-0.3, -0.25) is 4.79 Å². The smallest absolute Gasteiger partial charge is 0.327 e. The van der Waals surface area contributed by atoms with Crippen LogP contribution >= 0.6 is 0 Å². The number of likely N-dealkylation sites (N-methyl/N-ethyl adjacent to an activating group) is 1. The number of carbonyl (C=O) groups is 1. The van der Waals surface area contributed by atoms with E-state index < -0.39 is 5.54 Å². The molecular formula is C13H26N2O3. The Morgan fingerprint density at radius 3 is 2.67 bits per heavy atom. The Kier molecular flexibility index (Phi) is 6.05. The van der Waals surface area contributed by atoms with Crippen molar-refractivity contribution in [2.75, 3.05) is 40.0 Å².